The summed E-state index contributed by atoms with van der Waals surface area (Å²) in [5.74, 6) is 0.671. The molecule has 1 saturated heterocycles. The number of nitrogens with one attached hydrogen (secondary N) is 1. The number of amides is 1. The topological polar surface area (TPSA) is 84.1 Å². The van der Waals surface area contributed by atoms with E-state index in [4.69, 9.17) is 5.73 Å². The Morgan fingerprint density at radius 3 is 3.05 bits per heavy atom. The van der Waals surface area contributed by atoms with Crippen LogP contribution in [-0.4, -0.2) is 39.9 Å². The molecule has 1 aromatic heterocycles. The Morgan fingerprint density at radius 2 is 2.27 bits per heavy atom. The predicted octanol–water partition coefficient (Wildman–Crippen LogP) is 1.78. The van der Waals surface area contributed by atoms with Gasteiger partial charge in [-0.2, -0.15) is 0 Å². The molecule has 114 valence electrons. The third-order valence-corrected chi connectivity index (χ3v) is 3.69. The molecule has 1 unspecified atom stereocenters. The van der Waals surface area contributed by atoms with Gasteiger partial charge < -0.3 is 16.0 Å². The first-order valence-electron chi connectivity index (χ1n) is 7.40. The van der Waals surface area contributed by atoms with Crippen molar-refractivity contribution in [3.8, 4) is 0 Å². The Balaban J connectivity index is 1.74. The van der Waals surface area contributed by atoms with Crippen molar-refractivity contribution >= 4 is 17.4 Å². The van der Waals surface area contributed by atoms with Crippen molar-refractivity contribution in [3.05, 3.63) is 48.4 Å². The number of nitrogens with zero attached hydrogens (tertiary/aromatic N) is 3. The summed E-state index contributed by atoms with van der Waals surface area (Å²) in [4.78, 5) is 22.6. The zero-order valence-corrected chi connectivity index (χ0v) is 12.3. The summed E-state index contributed by atoms with van der Waals surface area (Å²) in [5, 5.41) is 3.14. The van der Waals surface area contributed by atoms with Gasteiger partial charge in [-0.05, 0) is 31.0 Å². The highest BCUT2D eigenvalue weighted by Gasteiger charge is 2.22. The van der Waals surface area contributed by atoms with E-state index in [0.717, 1.165) is 25.1 Å². The van der Waals surface area contributed by atoms with Gasteiger partial charge in [0.15, 0.2) is 0 Å². The van der Waals surface area contributed by atoms with Crippen molar-refractivity contribution in [2.45, 2.75) is 18.9 Å². The number of carbonyl (C=O) groups excluding carboxylic acids is 1. The van der Waals surface area contributed by atoms with Gasteiger partial charge in [0.1, 0.15) is 5.82 Å². The molecule has 2 heterocycles. The number of rotatable bonds is 3. The number of hydrogen-bond acceptors (Lipinski definition) is 5. The van der Waals surface area contributed by atoms with Gasteiger partial charge in [0.2, 0.25) is 0 Å². The van der Waals surface area contributed by atoms with Crippen LogP contribution in [0, 0.1) is 0 Å². The molecule has 0 bridgehead atoms. The van der Waals surface area contributed by atoms with E-state index in [1.807, 2.05) is 29.2 Å². The van der Waals surface area contributed by atoms with E-state index in [2.05, 4.69) is 15.3 Å². The van der Waals surface area contributed by atoms with Crippen LogP contribution in [0.3, 0.4) is 0 Å². The van der Waals surface area contributed by atoms with Gasteiger partial charge in [0, 0.05) is 42.8 Å². The summed E-state index contributed by atoms with van der Waals surface area (Å²) >= 11 is 0. The van der Waals surface area contributed by atoms with Gasteiger partial charge in [0.25, 0.3) is 5.91 Å². The largest absolute Gasteiger partial charge is 0.339 e. The Bertz CT molecular complexity index is 646. The summed E-state index contributed by atoms with van der Waals surface area (Å²) in [6, 6.07) is 7.49. The maximum absolute atomic E-state index is 12.6. The van der Waals surface area contributed by atoms with Crippen LogP contribution >= 0.6 is 0 Å². The molecule has 2 aromatic rings. The Hall–Kier alpha value is -2.47. The van der Waals surface area contributed by atoms with E-state index in [1.54, 1.807) is 18.6 Å². The van der Waals surface area contributed by atoms with Gasteiger partial charge in [0.05, 0.1) is 6.20 Å². The van der Waals surface area contributed by atoms with E-state index in [-0.39, 0.29) is 11.9 Å². The molecule has 1 aliphatic rings. The standard InChI is InChI=1S/C16H19N5O/c17-13-4-2-8-21(11-13)16(22)12-3-1-5-14(9-12)20-15-10-18-6-7-19-15/h1,3,5-7,9-10,13H,2,4,8,11,17H2,(H,19,20). The first kappa shape index (κ1) is 14.5. The Kier molecular flexibility index (Phi) is 4.29. The maximum atomic E-state index is 12.6. The van der Waals surface area contributed by atoms with Crippen LogP contribution in [0.2, 0.25) is 0 Å². The van der Waals surface area contributed by atoms with Crippen molar-refractivity contribution in [1.82, 2.24) is 14.9 Å². The molecular weight excluding hydrogens is 278 g/mol. The van der Waals surface area contributed by atoms with E-state index in [1.165, 1.54) is 0 Å². The normalized spacial score (nSPS) is 18.0. The maximum Gasteiger partial charge on any atom is 0.253 e. The Labute approximate surface area is 129 Å². The van der Waals surface area contributed by atoms with Crippen molar-refractivity contribution in [3.63, 3.8) is 0 Å². The highest BCUT2D eigenvalue weighted by molar-refractivity contribution is 5.95. The zero-order valence-electron chi connectivity index (χ0n) is 12.3. The quantitative estimate of drug-likeness (QED) is 0.902. The van der Waals surface area contributed by atoms with E-state index >= 15 is 0 Å². The molecule has 1 aliphatic heterocycles. The van der Waals surface area contributed by atoms with Crippen molar-refractivity contribution in [2.75, 3.05) is 18.4 Å². The third-order valence-electron chi connectivity index (χ3n) is 3.69. The monoisotopic (exact) mass is 297 g/mol. The second-order valence-electron chi connectivity index (χ2n) is 5.45. The van der Waals surface area contributed by atoms with E-state index < -0.39 is 0 Å². The predicted molar refractivity (Wildman–Crippen MR) is 84.9 cm³/mol. The summed E-state index contributed by atoms with van der Waals surface area (Å²) in [7, 11) is 0. The van der Waals surface area contributed by atoms with E-state index in [9.17, 15) is 4.79 Å². The van der Waals surface area contributed by atoms with Crippen LogP contribution in [0.1, 0.15) is 23.2 Å². The minimum Gasteiger partial charge on any atom is -0.339 e. The molecule has 6 nitrogen and oxygen atoms in total. The molecular formula is C16H19N5O. The summed E-state index contributed by atoms with van der Waals surface area (Å²) in [6.45, 7) is 1.40. The molecule has 0 aliphatic carbocycles. The smallest absolute Gasteiger partial charge is 0.253 e. The minimum atomic E-state index is 0.0259. The minimum absolute atomic E-state index is 0.0259. The average molecular weight is 297 g/mol. The summed E-state index contributed by atoms with van der Waals surface area (Å²) in [5.41, 5.74) is 7.42. The number of nitrogens with two attached hydrogens (primary N) is 1. The average Bonchev–Trinajstić information content (AvgIpc) is 2.55. The number of benzene rings is 1. The lowest BCUT2D eigenvalue weighted by atomic mass is 10.1. The second kappa shape index (κ2) is 6.53. The summed E-state index contributed by atoms with van der Waals surface area (Å²) < 4.78 is 0. The highest BCUT2D eigenvalue weighted by atomic mass is 16.2. The van der Waals surface area contributed by atoms with Crippen molar-refractivity contribution < 1.29 is 4.79 Å². The fourth-order valence-electron chi connectivity index (χ4n) is 2.62. The molecule has 3 rings (SSSR count). The fourth-order valence-corrected chi connectivity index (χ4v) is 2.62. The van der Waals surface area contributed by atoms with Crippen LogP contribution in [0.5, 0.6) is 0 Å². The zero-order chi connectivity index (χ0) is 15.4. The SMILES string of the molecule is NC1CCCN(C(=O)c2cccc(Nc3cnccn3)c2)C1. The third kappa shape index (κ3) is 3.40. The van der Waals surface area contributed by atoms with Crippen molar-refractivity contribution in [2.24, 2.45) is 5.73 Å². The first-order valence-corrected chi connectivity index (χ1v) is 7.40. The molecule has 1 fully saturated rings. The number of aromatic nitrogens is 2. The van der Waals surface area contributed by atoms with Crippen molar-refractivity contribution in [1.29, 1.82) is 0 Å². The van der Waals surface area contributed by atoms with Crippen LogP contribution in [-0.2, 0) is 0 Å². The van der Waals surface area contributed by atoms with Crippen LogP contribution in [0.4, 0.5) is 11.5 Å². The van der Waals surface area contributed by atoms with Crippen LogP contribution in [0.15, 0.2) is 42.9 Å². The number of likely N-dealkylation sites (tertiary alicyclic amines) is 1. The molecule has 22 heavy (non-hydrogen) atoms. The lowest BCUT2D eigenvalue weighted by Gasteiger charge is -2.30. The van der Waals surface area contributed by atoms with Gasteiger partial charge in [-0.25, -0.2) is 4.98 Å². The molecule has 0 saturated carbocycles. The lowest BCUT2D eigenvalue weighted by molar-refractivity contribution is 0.0709. The van der Waals surface area contributed by atoms with Gasteiger partial charge in [-0.15, -0.1) is 0 Å². The molecule has 0 spiro atoms. The molecule has 3 N–H and O–H groups in total. The van der Waals surface area contributed by atoms with Gasteiger partial charge >= 0.3 is 0 Å². The van der Waals surface area contributed by atoms with E-state index in [0.29, 0.717) is 17.9 Å². The van der Waals surface area contributed by atoms with Gasteiger partial charge in [-0.3, -0.25) is 9.78 Å². The van der Waals surface area contributed by atoms with Crippen LogP contribution < -0.4 is 11.1 Å². The first-order chi connectivity index (χ1) is 10.7. The summed E-state index contributed by atoms with van der Waals surface area (Å²) in [6.07, 6.45) is 6.82. The second-order valence-corrected chi connectivity index (χ2v) is 5.45. The number of hydrogen-bond donors (Lipinski definition) is 2. The van der Waals surface area contributed by atoms with Crippen LogP contribution in [0.25, 0.3) is 0 Å². The lowest BCUT2D eigenvalue weighted by Crippen LogP contribution is -2.45. The molecule has 1 aromatic carbocycles. The highest BCUT2D eigenvalue weighted by Crippen LogP contribution is 2.18. The Morgan fingerprint density at radius 1 is 1.36 bits per heavy atom. The fraction of sp³-hybridized carbons (Fsp3) is 0.312. The molecule has 0 radical (unpaired) electrons. The molecule has 1 amide bonds. The number of anilines is 2. The number of piperidine rings is 1. The number of carbonyl (C=O) groups is 1. The molecule has 1 atom stereocenters. The van der Waals surface area contributed by atoms with Gasteiger partial charge in [-0.1, -0.05) is 6.07 Å². The molecule has 6 heteroatoms.